The molecule has 2 N–H and O–H groups in total. The maximum atomic E-state index is 12.7. The van der Waals surface area contributed by atoms with Gasteiger partial charge < -0.3 is 19.9 Å². The van der Waals surface area contributed by atoms with Crippen molar-refractivity contribution in [1.29, 1.82) is 0 Å². The summed E-state index contributed by atoms with van der Waals surface area (Å²) < 4.78 is 11.0. The van der Waals surface area contributed by atoms with E-state index in [1.807, 2.05) is 0 Å². The van der Waals surface area contributed by atoms with Crippen molar-refractivity contribution in [3.63, 3.8) is 0 Å². The van der Waals surface area contributed by atoms with Crippen LogP contribution in [-0.4, -0.2) is 29.7 Å². The lowest BCUT2D eigenvalue weighted by molar-refractivity contribution is -0.128. The molecule has 0 atom stereocenters. The molecule has 0 aliphatic heterocycles. The number of aromatic carboxylic acids is 1. The second kappa shape index (κ2) is 9.10. The van der Waals surface area contributed by atoms with Crippen LogP contribution in [0, 0.1) is 0 Å². The lowest BCUT2D eigenvalue weighted by atomic mass is 9.99. The largest absolute Gasteiger partial charge is 0.497 e. The summed E-state index contributed by atoms with van der Waals surface area (Å²) in [5, 5.41) is 12.9. The fraction of sp³-hybridized carbons (Fsp3) is 0.167. The van der Waals surface area contributed by atoms with E-state index in [4.69, 9.17) is 21.1 Å². The normalized spacial score (nSPS) is 11.0. The third-order valence-corrected chi connectivity index (χ3v) is 4.90. The zero-order chi connectivity index (χ0) is 22.6. The van der Waals surface area contributed by atoms with Gasteiger partial charge in [0.1, 0.15) is 11.5 Å². The number of halogens is 1. The van der Waals surface area contributed by atoms with Gasteiger partial charge in [0.25, 0.3) is 5.91 Å². The van der Waals surface area contributed by atoms with Crippen molar-refractivity contribution in [1.82, 2.24) is 0 Å². The molecule has 0 spiro atoms. The molecular formula is C24H22ClNO5. The van der Waals surface area contributed by atoms with Crippen molar-refractivity contribution >= 4 is 29.2 Å². The lowest BCUT2D eigenvalue weighted by Gasteiger charge is -2.25. The van der Waals surface area contributed by atoms with Crippen LogP contribution in [0.5, 0.6) is 11.5 Å². The fourth-order valence-electron chi connectivity index (χ4n) is 2.93. The number of ether oxygens (including phenoxy) is 2. The van der Waals surface area contributed by atoms with E-state index in [-0.39, 0.29) is 11.5 Å². The number of methoxy groups -OCH3 is 1. The summed E-state index contributed by atoms with van der Waals surface area (Å²) in [4.78, 5) is 24.3. The first-order chi connectivity index (χ1) is 14.7. The highest BCUT2D eigenvalue weighted by atomic mass is 35.5. The van der Waals surface area contributed by atoms with Gasteiger partial charge in [0.15, 0.2) is 5.60 Å². The van der Waals surface area contributed by atoms with Crippen LogP contribution in [0.2, 0.25) is 5.02 Å². The van der Waals surface area contributed by atoms with Crippen molar-refractivity contribution in [2.24, 2.45) is 0 Å². The van der Waals surface area contributed by atoms with Crippen LogP contribution in [-0.2, 0) is 4.79 Å². The number of carbonyl (C=O) groups is 2. The minimum absolute atomic E-state index is 0.162. The molecule has 3 aromatic carbocycles. The van der Waals surface area contributed by atoms with Gasteiger partial charge in [-0.3, -0.25) is 4.79 Å². The van der Waals surface area contributed by atoms with E-state index in [9.17, 15) is 14.7 Å². The SMILES string of the molecule is COc1ccc(C(=O)O)c(-c2ccc(NC(=O)C(C)(C)Oc3ccc(Cl)cc3)cc2)c1. The fourth-order valence-corrected chi connectivity index (χ4v) is 3.06. The van der Waals surface area contributed by atoms with Gasteiger partial charge in [0.2, 0.25) is 0 Å². The summed E-state index contributed by atoms with van der Waals surface area (Å²) in [6.07, 6.45) is 0. The molecule has 0 bridgehead atoms. The first-order valence-corrected chi connectivity index (χ1v) is 9.85. The van der Waals surface area contributed by atoms with Gasteiger partial charge in [0, 0.05) is 10.7 Å². The van der Waals surface area contributed by atoms with Crippen LogP contribution in [0.1, 0.15) is 24.2 Å². The summed E-state index contributed by atoms with van der Waals surface area (Å²) >= 11 is 5.88. The maximum Gasteiger partial charge on any atom is 0.336 e. The Kier molecular flexibility index (Phi) is 6.51. The summed E-state index contributed by atoms with van der Waals surface area (Å²) in [7, 11) is 1.52. The number of nitrogens with one attached hydrogen (secondary N) is 1. The average Bonchev–Trinajstić information content (AvgIpc) is 2.75. The molecular weight excluding hydrogens is 418 g/mol. The van der Waals surface area contributed by atoms with Crippen molar-refractivity contribution < 1.29 is 24.2 Å². The predicted octanol–water partition coefficient (Wildman–Crippen LogP) is 5.51. The minimum Gasteiger partial charge on any atom is -0.497 e. The van der Waals surface area contributed by atoms with E-state index < -0.39 is 11.6 Å². The summed E-state index contributed by atoms with van der Waals surface area (Å²) in [5.74, 6) is -0.281. The monoisotopic (exact) mass is 439 g/mol. The molecule has 0 saturated heterocycles. The standard InChI is InChI=1S/C24H22ClNO5/c1-24(2,31-18-10-6-16(25)7-11-18)23(29)26-17-8-4-15(5-9-17)21-14-19(30-3)12-13-20(21)22(27)28/h4-14H,1-3H3,(H,26,29)(H,27,28). The summed E-state index contributed by atoms with van der Waals surface area (Å²) in [6, 6.07) is 18.4. The van der Waals surface area contributed by atoms with Crippen molar-refractivity contribution in [2.45, 2.75) is 19.4 Å². The third-order valence-electron chi connectivity index (χ3n) is 4.64. The second-order valence-electron chi connectivity index (χ2n) is 7.31. The van der Waals surface area contributed by atoms with Crippen LogP contribution in [0.15, 0.2) is 66.7 Å². The zero-order valence-corrected chi connectivity index (χ0v) is 18.1. The summed E-state index contributed by atoms with van der Waals surface area (Å²) in [6.45, 7) is 3.33. The lowest BCUT2D eigenvalue weighted by Crippen LogP contribution is -2.42. The van der Waals surface area contributed by atoms with Crippen LogP contribution in [0.4, 0.5) is 5.69 Å². The number of anilines is 1. The number of hydrogen-bond acceptors (Lipinski definition) is 4. The topological polar surface area (TPSA) is 84.9 Å². The van der Waals surface area contributed by atoms with E-state index in [1.165, 1.54) is 13.2 Å². The Labute approximate surface area is 185 Å². The highest BCUT2D eigenvalue weighted by molar-refractivity contribution is 6.30. The highest BCUT2D eigenvalue weighted by Gasteiger charge is 2.30. The molecule has 160 valence electrons. The van der Waals surface area contributed by atoms with Crippen molar-refractivity contribution in [2.75, 3.05) is 12.4 Å². The Morgan fingerprint density at radius 2 is 1.55 bits per heavy atom. The molecule has 0 unspecified atom stereocenters. The van der Waals surface area contributed by atoms with Gasteiger partial charge in [-0.2, -0.15) is 0 Å². The maximum absolute atomic E-state index is 12.7. The molecule has 3 rings (SSSR count). The molecule has 0 aliphatic rings. The van der Waals surface area contributed by atoms with E-state index in [2.05, 4.69) is 5.32 Å². The van der Waals surface area contributed by atoms with Crippen molar-refractivity contribution in [3.8, 4) is 22.6 Å². The molecule has 0 aromatic heterocycles. The summed E-state index contributed by atoms with van der Waals surface area (Å²) in [5.41, 5.74) is 0.800. The molecule has 1 amide bonds. The average molecular weight is 440 g/mol. The Balaban J connectivity index is 1.77. The number of carboxylic acid groups (broad SMARTS) is 1. The Morgan fingerprint density at radius 1 is 0.935 bits per heavy atom. The molecule has 0 fully saturated rings. The molecule has 6 nitrogen and oxygen atoms in total. The molecule has 3 aromatic rings. The minimum atomic E-state index is -1.13. The number of amides is 1. The van der Waals surface area contributed by atoms with Gasteiger partial charge >= 0.3 is 5.97 Å². The number of rotatable bonds is 7. The molecule has 0 saturated carbocycles. The van der Waals surface area contributed by atoms with E-state index in [1.54, 1.807) is 74.5 Å². The number of hydrogen-bond donors (Lipinski definition) is 2. The van der Waals surface area contributed by atoms with Crippen LogP contribution in [0.3, 0.4) is 0 Å². The van der Waals surface area contributed by atoms with E-state index >= 15 is 0 Å². The van der Waals surface area contributed by atoms with Crippen LogP contribution < -0.4 is 14.8 Å². The van der Waals surface area contributed by atoms with Gasteiger partial charge in [-0.25, -0.2) is 4.79 Å². The number of carbonyl (C=O) groups excluding carboxylic acids is 1. The molecule has 7 heteroatoms. The van der Waals surface area contributed by atoms with Crippen LogP contribution >= 0.6 is 11.6 Å². The Morgan fingerprint density at radius 3 is 2.13 bits per heavy atom. The Hall–Kier alpha value is -3.51. The highest BCUT2D eigenvalue weighted by Crippen LogP contribution is 2.29. The van der Waals surface area contributed by atoms with Gasteiger partial charge in [-0.05, 0) is 79.6 Å². The Bertz CT molecular complexity index is 1090. The van der Waals surface area contributed by atoms with E-state index in [0.29, 0.717) is 33.3 Å². The predicted molar refractivity (Wildman–Crippen MR) is 120 cm³/mol. The van der Waals surface area contributed by atoms with Gasteiger partial charge in [0.05, 0.1) is 12.7 Å². The third kappa shape index (κ3) is 5.35. The van der Waals surface area contributed by atoms with Crippen molar-refractivity contribution in [3.05, 3.63) is 77.3 Å². The number of benzene rings is 3. The molecule has 0 heterocycles. The molecule has 0 aliphatic carbocycles. The smallest absolute Gasteiger partial charge is 0.336 e. The molecule has 0 radical (unpaired) electrons. The first kappa shape index (κ1) is 22.2. The van der Waals surface area contributed by atoms with Gasteiger partial charge in [-0.1, -0.05) is 23.7 Å². The molecule has 31 heavy (non-hydrogen) atoms. The first-order valence-electron chi connectivity index (χ1n) is 9.47. The van der Waals surface area contributed by atoms with Crippen LogP contribution in [0.25, 0.3) is 11.1 Å². The zero-order valence-electron chi connectivity index (χ0n) is 17.3. The van der Waals surface area contributed by atoms with E-state index in [0.717, 1.165) is 0 Å². The quantitative estimate of drug-likeness (QED) is 0.507. The second-order valence-corrected chi connectivity index (χ2v) is 7.75. The number of carboxylic acids is 1. The van der Waals surface area contributed by atoms with Gasteiger partial charge in [-0.15, -0.1) is 0 Å².